The molecule has 25 heavy (non-hydrogen) atoms. The highest BCUT2D eigenvalue weighted by Gasteiger charge is 2.22. The maximum atomic E-state index is 12.1. The van der Waals surface area contributed by atoms with Crippen molar-refractivity contribution in [3.8, 4) is 0 Å². The molecule has 0 spiro atoms. The highest BCUT2D eigenvalue weighted by Crippen LogP contribution is 2.12. The van der Waals surface area contributed by atoms with E-state index in [1.54, 1.807) is 4.90 Å². The molecule has 1 heterocycles. The second-order valence-electron chi connectivity index (χ2n) is 6.66. The summed E-state index contributed by atoms with van der Waals surface area (Å²) in [6.07, 6.45) is 3.62. The highest BCUT2D eigenvalue weighted by molar-refractivity contribution is 5.85. The lowest BCUT2D eigenvalue weighted by Gasteiger charge is -2.20. The molecular formula is C19H26N2O4. The number of carboxylic acid groups (broad SMARTS) is 1. The van der Waals surface area contributed by atoms with Crippen LogP contribution in [0.15, 0.2) is 24.3 Å². The zero-order chi connectivity index (χ0) is 18.2. The molecule has 0 bridgehead atoms. The molecule has 1 aromatic carbocycles. The van der Waals surface area contributed by atoms with Crippen LogP contribution in [0.1, 0.15) is 36.8 Å². The number of nitrogens with zero attached hydrogens (tertiary/aromatic N) is 1. The number of benzene rings is 1. The van der Waals surface area contributed by atoms with Crippen molar-refractivity contribution < 1.29 is 19.5 Å². The molecule has 136 valence electrons. The summed E-state index contributed by atoms with van der Waals surface area (Å²) in [6.45, 7) is 2.62. The summed E-state index contributed by atoms with van der Waals surface area (Å²) in [6, 6.07) is 7.70. The van der Waals surface area contributed by atoms with E-state index in [4.69, 9.17) is 0 Å². The molecule has 0 radical (unpaired) electrons. The minimum absolute atomic E-state index is 0.00203. The first-order valence-corrected chi connectivity index (χ1v) is 8.78. The van der Waals surface area contributed by atoms with Gasteiger partial charge in [0.25, 0.3) is 0 Å². The molecule has 0 aromatic heterocycles. The fourth-order valence-corrected chi connectivity index (χ4v) is 3.04. The normalized spacial score (nSPS) is 16.2. The lowest BCUT2D eigenvalue weighted by Crippen LogP contribution is -2.42. The number of hydrogen-bond acceptors (Lipinski definition) is 3. The maximum absolute atomic E-state index is 12.1. The van der Waals surface area contributed by atoms with Crippen LogP contribution in [-0.2, 0) is 20.8 Å². The summed E-state index contributed by atoms with van der Waals surface area (Å²) in [5.41, 5.74) is 2.01. The van der Waals surface area contributed by atoms with Crippen LogP contribution < -0.4 is 5.32 Å². The zero-order valence-electron chi connectivity index (χ0n) is 14.7. The van der Waals surface area contributed by atoms with Gasteiger partial charge in [0.1, 0.15) is 0 Å². The van der Waals surface area contributed by atoms with Crippen LogP contribution >= 0.6 is 0 Å². The van der Waals surface area contributed by atoms with Gasteiger partial charge in [-0.3, -0.25) is 14.4 Å². The van der Waals surface area contributed by atoms with Crippen LogP contribution in [0.2, 0.25) is 0 Å². The molecule has 6 heteroatoms. The summed E-state index contributed by atoms with van der Waals surface area (Å²) < 4.78 is 0. The summed E-state index contributed by atoms with van der Waals surface area (Å²) in [4.78, 5) is 37.1. The molecule has 2 rings (SSSR count). The fraction of sp³-hybridized carbons (Fsp3) is 0.526. The quantitative estimate of drug-likeness (QED) is 0.787. The van der Waals surface area contributed by atoms with Crippen LogP contribution in [0.25, 0.3) is 0 Å². The average Bonchev–Trinajstić information content (AvgIpc) is 2.76. The van der Waals surface area contributed by atoms with Gasteiger partial charge in [-0.1, -0.05) is 36.2 Å². The Morgan fingerprint density at radius 3 is 2.80 bits per heavy atom. The molecule has 1 aliphatic heterocycles. The Hall–Kier alpha value is -2.37. The van der Waals surface area contributed by atoms with Crippen molar-refractivity contribution in [1.29, 1.82) is 0 Å². The molecule has 0 saturated carbocycles. The lowest BCUT2D eigenvalue weighted by atomic mass is 9.98. The number of nitrogens with one attached hydrogen (secondary N) is 1. The number of hydrogen-bond donors (Lipinski definition) is 2. The van der Waals surface area contributed by atoms with Crippen molar-refractivity contribution >= 4 is 17.8 Å². The van der Waals surface area contributed by atoms with Gasteiger partial charge < -0.3 is 15.3 Å². The minimum atomic E-state index is -0.937. The molecule has 2 amide bonds. The molecule has 1 aliphatic rings. The van der Waals surface area contributed by atoms with E-state index in [2.05, 4.69) is 5.32 Å². The van der Waals surface area contributed by atoms with Crippen molar-refractivity contribution in [2.24, 2.45) is 5.92 Å². The van der Waals surface area contributed by atoms with Gasteiger partial charge >= 0.3 is 5.97 Å². The van der Waals surface area contributed by atoms with Gasteiger partial charge in [-0.25, -0.2) is 0 Å². The first-order chi connectivity index (χ1) is 12.0. The van der Waals surface area contributed by atoms with Crippen molar-refractivity contribution in [1.82, 2.24) is 10.2 Å². The van der Waals surface area contributed by atoms with E-state index >= 15 is 0 Å². The third-order valence-corrected chi connectivity index (χ3v) is 4.47. The van der Waals surface area contributed by atoms with Crippen molar-refractivity contribution in [3.63, 3.8) is 0 Å². The van der Waals surface area contributed by atoms with Gasteiger partial charge in [-0.05, 0) is 31.7 Å². The number of carbonyl (C=O) groups is 3. The lowest BCUT2D eigenvalue weighted by molar-refractivity contribution is -0.142. The Morgan fingerprint density at radius 2 is 2.08 bits per heavy atom. The Bertz CT molecular complexity index is 630. The largest absolute Gasteiger partial charge is 0.481 e. The van der Waals surface area contributed by atoms with Crippen LogP contribution in [0.4, 0.5) is 0 Å². The van der Waals surface area contributed by atoms with Crippen LogP contribution in [0.5, 0.6) is 0 Å². The molecular weight excluding hydrogens is 320 g/mol. The smallest absolute Gasteiger partial charge is 0.308 e. The van der Waals surface area contributed by atoms with Crippen molar-refractivity contribution in [3.05, 3.63) is 35.4 Å². The molecule has 1 fully saturated rings. The number of aliphatic carboxylic acids is 1. The van der Waals surface area contributed by atoms with E-state index in [1.165, 1.54) is 0 Å². The molecule has 2 N–H and O–H groups in total. The van der Waals surface area contributed by atoms with Gasteiger partial charge in [-0.2, -0.15) is 0 Å². The number of aryl methyl sites for hydroxylation is 1. The van der Waals surface area contributed by atoms with Crippen LogP contribution in [0.3, 0.4) is 0 Å². The van der Waals surface area contributed by atoms with Crippen LogP contribution in [0, 0.1) is 12.8 Å². The van der Waals surface area contributed by atoms with E-state index in [9.17, 15) is 19.5 Å². The maximum Gasteiger partial charge on any atom is 0.308 e. The topological polar surface area (TPSA) is 86.7 Å². The van der Waals surface area contributed by atoms with E-state index in [0.717, 1.165) is 30.4 Å². The molecule has 6 nitrogen and oxygen atoms in total. The zero-order valence-corrected chi connectivity index (χ0v) is 14.7. The molecule has 1 aromatic rings. The summed E-state index contributed by atoms with van der Waals surface area (Å²) in [7, 11) is 0. The SMILES string of the molecule is Cc1cccc(CC(CNC(=O)CN2CCCCCC2=O)C(=O)O)c1. The van der Waals surface area contributed by atoms with Gasteiger partial charge in [-0.15, -0.1) is 0 Å². The predicted molar refractivity (Wildman–Crippen MR) is 94.1 cm³/mol. The van der Waals surface area contributed by atoms with Gasteiger partial charge in [0.2, 0.25) is 11.8 Å². The van der Waals surface area contributed by atoms with Gasteiger partial charge in [0.15, 0.2) is 0 Å². The standard InChI is InChI=1S/C19H26N2O4/c1-14-6-5-7-15(10-14)11-16(19(24)25)12-20-17(22)13-21-9-4-2-3-8-18(21)23/h5-7,10,16H,2-4,8-9,11-13H2,1H3,(H,20,22)(H,24,25). The summed E-state index contributed by atoms with van der Waals surface area (Å²) >= 11 is 0. The first kappa shape index (κ1) is 19.0. The Labute approximate surface area is 148 Å². The molecule has 1 unspecified atom stereocenters. The van der Waals surface area contributed by atoms with Crippen molar-refractivity contribution in [2.75, 3.05) is 19.6 Å². The third kappa shape index (κ3) is 6.21. The van der Waals surface area contributed by atoms with E-state index < -0.39 is 11.9 Å². The number of carboxylic acids is 1. The first-order valence-electron chi connectivity index (χ1n) is 8.78. The van der Waals surface area contributed by atoms with Crippen LogP contribution in [-0.4, -0.2) is 47.4 Å². The summed E-state index contributed by atoms with van der Waals surface area (Å²) in [5, 5.41) is 12.1. The molecule has 1 saturated heterocycles. The number of amides is 2. The number of rotatable bonds is 7. The van der Waals surface area contributed by atoms with Gasteiger partial charge in [0, 0.05) is 19.5 Å². The fourth-order valence-electron chi connectivity index (χ4n) is 3.04. The summed E-state index contributed by atoms with van der Waals surface area (Å²) in [5.74, 6) is -1.92. The average molecular weight is 346 g/mol. The minimum Gasteiger partial charge on any atom is -0.481 e. The molecule has 1 atom stereocenters. The van der Waals surface area contributed by atoms with Gasteiger partial charge in [0.05, 0.1) is 12.5 Å². The predicted octanol–water partition coefficient (Wildman–Crippen LogP) is 1.76. The van der Waals surface area contributed by atoms with E-state index in [-0.39, 0.29) is 24.9 Å². The van der Waals surface area contributed by atoms with Crippen molar-refractivity contribution in [2.45, 2.75) is 39.0 Å². The third-order valence-electron chi connectivity index (χ3n) is 4.47. The van der Waals surface area contributed by atoms with E-state index in [0.29, 0.717) is 19.4 Å². The monoisotopic (exact) mass is 346 g/mol. The highest BCUT2D eigenvalue weighted by atomic mass is 16.4. The number of likely N-dealkylation sites (tertiary alicyclic amines) is 1. The number of carbonyl (C=O) groups excluding carboxylic acids is 2. The Kier molecular flexibility index (Phi) is 6.98. The van der Waals surface area contributed by atoms with E-state index in [1.807, 2.05) is 31.2 Å². The Morgan fingerprint density at radius 1 is 1.28 bits per heavy atom. The second kappa shape index (κ2) is 9.20. The second-order valence-corrected chi connectivity index (χ2v) is 6.66. The molecule has 0 aliphatic carbocycles. The Balaban J connectivity index is 1.86.